The second-order valence-corrected chi connectivity index (χ2v) is 6.37. The van der Waals surface area contributed by atoms with E-state index in [9.17, 15) is 4.79 Å². The number of para-hydroxylation sites is 2. The summed E-state index contributed by atoms with van der Waals surface area (Å²) in [6.07, 6.45) is 1.84. The van der Waals surface area contributed by atoms with Gasteiger partial charge in [0, 0.05) is 6.54 Å². The van der Waals surface area contributed by atoms with E-state index in [-0.39, 0.29) is 31.5 Å². The number of carbonyl (C=O) groups excluding carboxylic acids is 1. The van der Waals surface area contributed by atoms with Crippen LogP contribution in [0.2, 0.25) is 0 Å². The average Bonchev–Trinajstić information content (AvgIpc) is 3.30. The van der Waals surface area contributed by atoms with Crippen molar-refractivity contribution in [2.75, 3.05) is 25.1 Å². The number of nitriles is 1. The van der Waals surface area contributed by atoms with E-state index in [2.05, 4.69) is 11.4 Å². The fraction of sp³-hybridized carbons (Fsp3) is 0.217. The van der Waals surface area contributed by atoms with Gasteiger partial charge in [-0.05, 0) is 29.8 Å². The zero-order chi connectivity index (χ0) is 20.5. The van der Waals surface area contributed by atoms with Gasteiger partial charge in [0.1, 0.15) is 11.5 Å². The third-order valence-corrected chi connectivity index (χ3v) is 4.54. The third-order valence-electron chi connectivity index (χ3n) is 4.54. The van der Waals surface area contributed by atoms with E-state index < -0.39 is 0 Å². The van der Waals surface area contributed by atoms with Crippen LogP contribution in [0.5, 0.6) is 5.75 Å². The molecule has 148 valence electrons. The van der Waals surface area contributed by atoms with Crippen LogP contribution < -0.4 is 15.0 Å². The number of nitrogens with one attached hydrogen (secondary N) is 1. The van der Waals surface area contributed by atoms with Crippen LogP contribution in [0.15, 0.2) is 77.4 Å². The number of hydrogen-bond donors (Lipinski definition) is 1. The summed E-state index contributed by atoms with van der Waals surface area (Å²) in [5.74, 6) is 1.16. The Morgan fingerprint density at radius 2 is 1.90 bits per heavy atom. The van der Waals surface area contributed by atoms with Gasteiger partial charge in [-0.25, -0.2) is 0 Å². The Hall–Kier alpha value is -3.56. The number of rotatable bonds is 9. The van der Waals surface area contributed by atoms with Crippen LogP contribution in [0, 0.1) is 11.3 Å². The topological polar surface area (TPSA) is 78.5 Å². The van der Waals surface area contributed by atoms with Gasteiger partial charge in [0.25, 0.3) is 0 Å². The highest BCUT2D eigenvalue weighted by molar-refractivity contribution is 5.96. The molecule has 0 fully saturated rings. The van der Waals surface area contributed by atoms with Gasteiger partial charge in [0.15, 0.2) is 0 Å². The summed E-state index contributed by atoms with van der Waals surface area (Å²) in [7, 11) is 1.56. The molecular weight excluding hydrogens is 366 g/mol. The van der Waals surface area contributed by atoms with E-state index in [0.29, 0.717) is 11.4 Å². The van der Waals surface area contributed by atoms with Crippen molar-refractivity contribution < 1.29 is 13.9 Å². The molecule has 1 N–H and O–H groups in total. The highest BCUT2D eigenvalue weighted by Crippen LogP contribution is 2.28. The molecule has 1 atom stereocenters. The minimum Gasteiger partial charge on any atom is -0.495 e. The van der Waals surface area contributed by atoms with Crippen LogP contribution in [0.3, 0.4) is 0 Å². The largest absolute Gasteiger partial charge is 0.495 e. The minimum atomic E-state index is -0.259. The summed E-state index contributed by atoms with van der Waals surface area (Å²) in [5, 5.41) is 12.3. The number of anilines is 1. The minimum absolute atomic E-state index is 0.0732. The van der Waals surface area contributed by atoms with Crippen LogP contribution in [0.1, 0.15) is 23.8 Å². The normalized spacial score (nSPS) is 11.4. The summed E-state index contributed by atoms with van der Waals surface area (Å²) in [4.78, 5) is 14.7. The van der Waals surface area contributed by atoms with Crippen molar-refractivity contribution in [3.8, 4) is 11.8 Å². The number of benzene rings is 2. The van der Waals surface area contributed by atoms with Crippen LogP contribution in [0.4, 0.5) is 5.69 Å². The molecule has 6 nitrogen and oxygen atoms in total. The van der Waals surface area contributed by atoms with Gasteiger partial charge in [0.05, 0.1) is 44.1 Å². The van der Waals surface area contributed by atoms with Gasteiger partial charge in [-0.2, -0.15) is 5.26 Å². The molecule has 0 aliphatic rings. The van der Waals surface area contributed by atoms with Crippen molar-refractivity contribution in [1.82, 2.24) is 5.32 Å². The Morgan fingerprint density at radius 3 is 2.59 bits per heavy atom. The number of methoxy groups -OCH3 is 1. The molecule has 3 aromatic rings. The molecule has 0 radical (unpaired) electrons. The lowest BCUT2D eigenvalue weighted by Crippen LogP contribution is -2.40. The number of hydrogen-bond acceptors (Lipinski definition) is 5. The summed E-state index contributed by atoms with van der Waals surface area (Å²) in [6.45, 7) is 0.359. The lowest BCUT2D eigenvalue weighted by molar-refractivity contribution is -0.117. The molecule has 6 heteroatoms. The third kappa shape index (κ3) is 5.03. The average molecular weight is 389 g/mol. The number of nitrogens with zero attached hydrogens (tertiary/aromatic N) is 2. The molecule has 1 amide bonds. The summed E-state index contributed by atoms with van der Waals surface area (Å²) in [6, 6.07) is 22.6. The van der Waals surface area contributed by atoms with E-state index in [1.54, 1.807) is 24.3 Å². The summed E-state index contributed by atoms with van der Waals surface area (Å²) < 4.78 is 11.0. The van der Waals surface area contributed by atoms with Gasteiger partial charge in [-0.1, -0.05) is 42.5 Å². The zero-order valence-electron chi connectivity index (χ0n) is 16.2. The lowest BCUT2D eigenvalue weighted by Gasteiger charge is -2.25. The molecule has 0 aliphatic heterocycles. The molecule has 0 unspecified atom stereocenters. The van der Waals surface area contributed by atoms with Crippen molar-refractivity contribution in [2.45, 2.75) is 12.5 Å². The summed E-state index contributed by atoms with van der Waals surface area (Å²) in [5.41, 5.74) is 1.64. The first kappa shape index (κ1) is 20.2. The fourth-order valence-electron chi connectivity index (χ4n) is 3.16. The van der Waals surface area contributed by atoms with E-state index in [1.807, 2.05) is 60.7 Å². The molecule has 0 saturated carbocycles. The molecule has 1 heterocycles. The first-order chi connectivity index (χ1) is 14.2. The maximum absolute atomic E-state index is 13.1. The van der Waals surface area contributed by atoms with Gasteiger partial charge in [0.2, 0.25) is 5.91 Å². The molecular formula is C23H23N3O3. The first-order valence-corrected chi connectivity index (χ1v) is 9.36. The molecule has 2 aromatic carbocycles. The Morgan fingerprint density at radius 1 is 1.14 bits per heavy atom. The first-order valence-electron chi connectivity index (χ1n) is 9.36. The van der Waals surface area contributed by atoms with Crippen molar-refractivity contribution in [1.29, 1.82) is 5.26 Å². The smallest absolute Gasteiger partial charge is 0.241 e. The molecule has 3 rings (SSSR count). The van der Waals surface area contributed by atoms with Gasteiger partial charge < -0.3 is 14.1 Å². The second kappa shape index (κ2) is 10.1. The van der Waals surface area contributed by atoms with E-state index in [1.165, 1.54) is 0 Å². The quantitative estimate of drug-likeness (QED) is 0.600. The Balaban J connectivity index is 1.80. The number of amides is 1. The second-order valence-electron chi connectivity index (χ2n) is 6.37. The highest BCUT2D eigenvalue weighted by atomic mass is 16.5. The molecule has 0 saturated heterocycles. The Bertz CT molecular complexity index is 949. The number of furan rings is 1. The van der Waals surface area contributed by atoms with Gasteiger partial charge >= 0.3 is 0 Å². The number of carbonyl (C=O) groups is 1. The maximum Gasteiger partial charge on any atom is 0.241 e. The molecule has 0 spiro atoms. The van der Waals surface area contributed by atoms with Crippen molar-refractivity contribution in [3.63, 3.8) is 0 Å². The predicted molar refractivity (Wildman–Crippen MR) is 111 cm³/mol. The SMILES string of the molecule is COc1ccccc1N(CCC#N)C(=O)CN[C@@H](c1ccccc1)c1ccco1. The van der Waals surface area contributed by atoms with Crippen LogP contribution >= 0.6 is 0 Å². The summed E-state index contributed by atoms with van der Waals surface area (Å²) >= 11 is 0. The van der Waals surface area contributed by atoms with Crippen molar-refractivity contribution in [3.05, 3.63) is 84.3 Å². The monoisotopic (exact) mass is 389 g/mol. The molecule has 1 aromatic heterocycles. The van der Waals surface area contributed by atoms with E-state index in [4.69, 9.17) is 14.4 Å². The molecule has 29 heavy (non-hydrogen) atoms. The van der Waals surface area contributed by atoms with Crippen LogP contribution in [-0.4, -0.2) is 26.1 Å². The lowest BCUT2D eigenvalue weighted by atomic mass is 10.0. The Kier molecular flexibility index (Phi) is 7.04. The van der Waals surface area contributed by atoms with Gasteiger partial charge in [-0.3, -0.25) is 10.1 Å². The van der Waals surface area contributed by atoms with Crippen molar-refractivity contribution >= 4 is 11.6 Å². The van der Waals surface area contributed by atoms with Crippen LogP contribution in [0.25, 0.3) is 0 Å². The zero-order valence-corrected chi connectivity index (χ0v) is 16.2. The molecule has 0 bridgehead atoms. The van der Waals surface area contributed by atoms with E-state index >= 15 is 0 Å². The Labute approximate surface area is 170 Å². The van der Waals surface area contributed by atoms with Crippen LogP contribution in [-0.2, 0) is 4.79 Å². The predicted octanol–water partition coefficient (Wildman–Crippen LogP) is 3.91. The number of ether oxygens (including phenoxy) is 1. The fourth-order valence-corrected chi connectivity index (χ4v) is 3.16. The highest BCUT2D eigenvalue weighted by Gasteiger charge is 2.22. The molecule has 0 aliphatic carbocycles. The van der Waals surface area contributed by atoms with E-state index in [0.717, 1.165) is 11.3 Å². The standard InChI is InChI=1S/C23H23N3O3/c1-28-20-12-6-5-11-19(20)26(15-8-14-24)22(27)17-25-23(21-13-7-16-29-21)18-9-3-2-4-10-18/h2-7,9-13,16,23,25H,8,15,17H2,1H3/t23-/m0/s1. The van der Waals surface area contributed by atoms with Gasteiger partial charge in [-0.15, -0.1) is 0 Å². The maximum atomic E-state index is 13.1. The van der Waals surface area contributed by atoms with Crippen molar-refractivity contribution in [2.24, 2.45) is 0 Å².